The largest absolute Gasteiger partial charge is 0.340 e. The Labute approximate surface area is 133 Å². The van der Waals surface area contributed by atoms with Crippen molar-refractivity contribution in [2.75, 3.05) is 11.9 Å². The van der Waals surface area contributed by atoms with Crippen molar-refractivity contribution in [3.63, 3.8) is 0 Å². The van der Waals surface area contributed by atoms with Crippen LogP contribution in [0.1, 0.15) is 44.7 Å². The van der Waals surface area contributed by atoms with Gasteiger partial charge in [-0.15, -0.1) is 0 Å². The Morgan fingerprint density at radius 2 is 1.91 bits per heavy atom. The van der Waals surface area contributed by atoms with E-state index >= 15 is 0 Å². The number of aromatic nitrogens is 1. The summed E-state index contributed by atoms with van der Waals surface area (Å²) >= 11 is 0. The summed E-state index contributed by atoms with van der Waals surface area (Å²) in [6.07, 6.45) is 5.69. The van der Waals surface area contributed by atoms with E-state index in [4.69, 9.17) is 0 Å². The van der Waals surface area contributed by atoms with Gasteiger partial charge in [0.25, 0.3) is 0 Å². The third-order valence-electron chi connectivity index (χ3n) is 4.44. The minimum absolute atomic E-state index is 0.466. The van der Waals surface area contributed by atoms with Crippen LogP contribution in [0.25, 0.3) is 0 Å². The Hall–Kier alpha value is -1.87. The Morgan fingerprint density at radius 1 is 1.09 bits per heavy atom. The second-order valence-corrected chi connectivity index (χ2v) is 6.28. The molecule has 1 aliphatic heterocycles. The van der Waals surface area contributed by atoms with Gasteiger partial charge in [0.1, 0.15) is 5.82 Å². The lowest BCUT2D eigenvalue weighted by Gasteiger charge is -2.39. The zero-order chi connectivity index (χ0) is 15.4. The second kappa shape index (κ2) is 6.93. The lowest BCUT2D eigenvalue weighted by Crippen LogP contribution is -2.38. The van der Waals surface area contributed by atoms with Gasteiger partial charge in [-0.3, -0.25) is 4.90 Å². The fourth-order valence-electron chi connectivity index (χ4n) is 3.36. The number of benzene rings is 1. The smallest absolute Gasteiger partial charge is 0.135 e. The number of hydrogen-bond acceptors (Lipinski definition) is 3. The Balaban J connectivity index is 1.90. The minimum Gasteiger partial charge on any atom is -0.340 e. The first-order valence-electron chi connectivity index (χ1n) is 8.28. The summed E-state index contributed by atoms with van der Waals surface area (Å²) in [7, 11) is 0. The van der Waals surface area contributed by atoms with Crippen LogP contribution in [0.4, 0.5) is 11.5 Å². The molecule has 0 bridgehead atoms. The number of nitrogens with one attached hydrogen (secondary N) is 1. The fourth-order valence-corrected chi connectivity index (χ4v) is 3.36. The van der Waals surface area contributed by atoms with Crippen molar-refractivity contribution in [3.8, 4) is 0 Å². The molecule has 116 valence electrons. The number of likely N-dealkylation sites (tertiary alicyclic amines) is 1. The second-order valence-electron chi connectivity index (χ2n) is 6.28. The normalized spacial score (nSPS) is 19.3. The molecular weight excluding hydrogens is 270 g/mol. The molecule has 2 aromatic rings. The van der Waals surface area contributed by atoms with E-state index in [-0.39, 0.29) is 0 Å². The fraction of sp³-hybridized carbons (Fsp3) is 0.421. The number of rotatable bonds is 4. The van der Waals surface area contributed by atoms with Crippen LogP contribution < -0.4 is 5.32 Å². The van der Waals surface area contributed by atoms with Crippen LogP contribution in [0.3, 0.4) is 0 Å². The molecule has 0 amide bonds. The van der Waals surface area contributed by atoms with Gasteiger partial charge in [-0.1, -0.05) is 30.7 Å². The van der Waals surface area contributed by atoms with E-state index in [1.807, 2.05) is 24.4 Å². The van der Waals surface area contributed by atoms with Crippen molar-refractivity contribution in [3.05, 3.63) is 54.2 Å². The number of piperidine rings is 1. The lowest BCUT2D eigenvalue weighted by molar-refractivity contribution is 0.112. The van der Waals surface area contributed by atoms with Crippen molar-refractivity contribution in [1.82, 2.24) is 9.88 Å². The maximum absolute atomic E-state index is 4.61. The van der Waals surface area contributed by atoms with Crippen molar-refractivity contribution < 1.29 is 0 Å². The standard InChI is InChI=1S/C19H25N3/c1-15(2)22-14-7-6-12-18(22)17-11-8-13-20-19(17)21-16-9-4-3-5-10-16/h3-5,8-11,13,15,18H,6-7,12,14H2,1-2H3,(H,20,21)/t18-/m0/s1. The maximum Gasteiger partial charge on any atom is 0.135 e. The molecule has 3 heteroatoms. The maximum atomic E-state index is 4.61. The van der Waals surface area contributed by atoms with Crippen molar-refractivity contribution in [2.45, 2.75) is 45.2 Å². The number of nitrogens with zero attached hydrogens (tertiary/aromatic N) is 2. The highest BCUT2D eigenvalue weighted by Gasteiger charge is 2.27. The van der Waals surface area contributed by atoms with Gasteiger partial charge in [-0.25, -0.2) is 4.98 Å². The summed E-state index contributed by atoms with van der Waals surface area (Å²) in [5, 5.41) is 3.49. The topological polar surface area (TPSA) is 28.2 Å². The molecule has 3 nitrogen and oxygen atoms in total. The number of pyridine rings is 1. The van der Waals surface area contributed by atoms with Crippen LogP contribution in [0, 0.1) is 0 Å². The Bertz CT molecular complexity index is 595. The first-order valence-corrected chi connectivity index (χ1v) is 8.28. The highest BCUT2D eigenvalue weighted by atomic mass is 15.2. The van der Waals surface area contributed by atoms with Crippen molar-refractivity contribution in [1.29, 1.82) is 0 Å². The van der Waals surface area contributed by atoms with Gasteiger partial charge in [0.05, 0.1) is 0 Å². The zero-order valence-electron chi connectivity index (χ0n) is 13.5. The molecule has 2 heterocycles. The molecule has 1 aliphatic rings. The highest BCUT2D eigenvalue weighted by Crippen LogP contribution is 2.36. The van der Waals surface area contributed by atoms with E-state index in [1.54, 1.807) is 0 Å². The molecule has 0 aliphatic carbocycles. The molecule has 1 aromatic carbocycles. The quantitative estimate of drug-likeness (QED) is 0.881. The van der Waals surface area contributed by atoms with E-state index in [2.05, 4.69) is 53.3 Å². The molecule has 1 saturated heterocycles. The van der Waals surface area contributed by atoms with E-state index in [0.29, 0.717) is 12.1 Å². The van der Waals surface area contributed by atoms with Crippen molar-refractivity contribution >= 4 is 11.5 Å². The van der Waals surface area contributed by atoms with Crippen LogP contribution in [0.2, 0.25) is 0 Å². The average molecular weight is 295 g/mol. The predicted octanol–water partition coefficient (Wildman–Crippen LogP) is 4.76. The van der Waals surface area contributed by atoms with Crippen LogP contribution >= 0.6 is 0 Å². The molecule has 0 spiro atoms. The molecule has 1 atom stereocenters. The number of hydrogen-bond donors (Lipinski definition) is 1. The zero-order valence-corrected chi connectivity index (χ0v) is 13.5. The monoisotopic (exact) mass is 295 g/mol. The van der Waals surface area contributed by atoms with Crippen molar-refractivity contribution in [2.24, 2.45) is 0 Å². The van der Waals surface area contributed by atoms with E-state index in [9.17, 15) is 0 Å². The first kappa shape index (κ1) is 15.0. The molecule has 1 N–H and O–H groups in total. The molecule has 0 saturated carbocycles. The molecule has 1 fully saturated rings. The SMILES string of the molecule is CC(C)N1CCCC[C@H]1c1cccnc1Nc1ccccc1. The van der Waals surface area contributed by atoms with Crippen LogP contribution in [-0.2, 0) is 0 Å². The van der Waals surface area contributed by atoms with Crippen LogP contribution in [0.5, 0.6) is 0 Å². The van der Waals surface area contributed by atoms with Gasteiger partial charge < -0.3 is 5.32 Å². The summed E-state index contributed by atoms with van der Waals surface area (Å²) < 4.78 is 0. The summed E-state index contributed by atoms with van der Waals surface area (Å²) in [5.74, 6) is 0.992. The number of para-hydroxylation sites is 1. The number of anilines is 2. The molecule has 0 radical (unpaired) electrons. The summed E-state index contributed by atoms with van der Waals surface area (Å²) in [6.45, 7) is 5.76. The van der Waals surface area contributed by atoms with Gasteiger partial charge in [0.2, 0.25) is 0 Å². The third-order valence-corrected chi connectivity index (χ3v) is 4.44. The van der Waals surface area contributed by atoms with E-state index in [1.165, 1.54) is 31.4 Å². The lowest BCUT2D eigenvalue weighted by atomic mass is 9.94. The van der Waals surface area contributed by atoms with Gasteiger partial charge in [-0.2, -0.15) is 0 Å². The van der Waals surface area contributed by atoms with E-state index in [0.717, 1.165) is 11.5 Å². The molecule has 0 unspecified atom stereocenters. The van der Waals surface area contributed by atoms with Gasteiger partial charge >= 0.3 is 0 Å². The summed E-state index contributed by atoms with van der Waals surface area (Å²) in [4.78, 5) is 7.21. The first-order chi connectivity index (χ1) is 10.8. The molecule has 1 aromatic heterocycles. The highest BCUT2D eigenvalue weighted by molar-refractivity contribution is 5.59. The third kappa shape index (κ3) is 3.30. The van der Waals surface area contributed by atoms with Crippen LogP contribution in [0.15, 0.2) is 48.7 Å². The Kier molecular flexibility index (Phi) is 4.74. The minimum atomic E-state index is 0.466. The van der Waals surface area contributed by atoms with Crippen LogP contribution in [-0.4, -0.2) is 22.5 Å². The van der Waals surface area contributed by atoms with E-state index < -0.39 is 0 Å². The van der Waals surface area contributed by atoms with Gasteiger partial charge in [-0.05, 0) is 51.4 Å². The molecule has 3 rings (SSSR count). The van der Waals surface area contributed by atoms with Gasteiger partial charge in [0, 0.05) is 29.5 Å². The van der Waals surface area contributed by atoms with Gasteiger partial charge in [0.15, 0.2) is 0 Å². The predicted molar refractivity (Wildman–Crippen MR) is 92.4 cm³/mol. The molecule has 22 heavy (non-hydrogen) atoms. The Morgan fingerprint density at radius 3 is 2.68 bits per heavy atom. The summed E-state index contributed by atoms with van der Waals surface area (Å²) in [5.41, 5.74) is 2.41. The molecular formula is C19H25N3. The average Bonchev–Trinajstić information content (AvgIpc) is 2.56. The summed E-state index contributed by atoms with van der Waals surface area (Å²) in [6, 6.07) is 15.6.